The number of benzene rings is 1. The monoisotopic (exact) mass is 379 g/mol. The highest BCUT2D eigenvalue weighted by Crippen LogP contribution is 2.39. The zero-order valence-electron chi connectivity index (χ0n) is 15.4. The summed E-state index contributed by atoms with van der Waals surface area (Å²) in [5, 5.41) is 4.61. The van der Waals surface area contributed by atoms with E-state index in [1.54, 1.807) is 26.4 Å². The molecule has 3 heterocycles. The minimum Gasteiger partial charge on any atom is -0.421 e. The van der Waals surface area contributed by atoms with Crippen LogP contribution in [0.15, 0.2) is 18.5 Å². The smallest absolute Gasteiger partial charge is 0.324 e. The first-order valence-corrected chi connectivity index (χ1v) is 8.97. The van der Waals surface area contributed by atoms with Crippen molar-refractivity contribution >= 4 is 27.6 Å². The lowest BCUT2D eigenvalue weighted by molar-refractivity contribution is 0.436. The molecule has 9 heteroatoms. The number of aromatic nitrogens is 5. The molecule has 4 N–H and O–H groups in total. The largest absolute Gasteiger partial charge is 0.421 e. The number of aromatic amines is 1. The van der Waals surface area contributed by atoms with E-state index in [4.69, 9.17) is 10.5 Å². The quantitative estimate of drug-likeness (QED) is 0.501. The number of aryl methyl sites for hydroxylation is 1. The van der Waals surface area contributed by atoms with Gasteiger partial charge in [-0.1, -0.05) is 0 Å². The Morgan fingerprint density at radius 1 is 1.21 bits per heavy atom. The zero-order chi connectivity index (χ0) is 19.4. The van der Waals surface area contributed by atoms with Gasteiger partial charge < -0.3 is 20.8 Å². The van der Waals surface area contributed by atoms with Gasteiger partial charge in [0.2, 0.25) is 0 Å². The normalized spacial score (nSPS) is 15.9. The molecule has 28 heavy (non-hydrogen) atoms. The maximum Gasteiger partial charge on any atom is 0.324 e. The Kier molecular flexibility index (Phi) is 3.66. The lowest BCUT2D eigenvalue weighted by Crippen LogP contribution is -2.25. The van der Waals surface area contributed by atoms with Crippen molar-refractivity contribution in [3.8, 4) is 11.8 Å². The molecule has 1 aromatic carbocycles. The number of hydrogen-bond donors (Lipinski definition) is 3. The molecule has 3 aromatic heterocycles. The van der Waals surface area contributed by atoms with E-state index in [0.717, 1.165) is 22.0 Å². The summed E-state index contributed by atoms with van der Waals surface area (Å²) in [5.41, 5.74) is 9.62. The summed E-state index contributed by atoms with van der Waals surface area (Å²) in [7, 11) is 1.75. The molecular weight excluding hydrogens is 361 g/mol. The summed E-state index contributed by atoms with van der Waals surface area (Å²) < 4.78 is 20.5. The van der Waals surface area contributed by atoms with E-state index in [0.29, 0.717) is 41.3 Å². The predicted octanol–water partition coefficient (Wildman–Crippen LogP) is 2.61. The van der Waals surface area contributed by atoms with Crippen LogP contribution >= 0.6 is 0 Å². The van der Waals surface area contributed by atoms with Gasteiger partial charge in [-0.15, -0.1) is 0 Å². The van der Waals surface area contributed by atoms with Crippen LogP contribution in [0.1, 0.15) is 17.1 Å². The van der Waals surface area contributed by atoms with Crippen LogP contribution in [0.3, 0.4) is 0 Å². The summed E-state index contributed by atoms with van der Waals surface area (Å²) in [6.07, 6.45) is 4.06. The number of halogens is 1. The van der Waals surface area contributed by atoms with Gasteiger partial charge in [-0.2, -0.15) is 9.97 Å². The Hall–Kier alpha value is -3.33. The molecule has 4 aromatic rings. The van der Waals surface area contributed by atoms with Crippen LogP contribution in [0.4, 0.5) is 10.1 Å². The minimum absolute atomic E-state index is 0.170. The molecule has 8 nitrogen and oxygen atoms in total. The van der Waals surface area contributed by atoms with Gasteiger partial charge in [0.25, 0.3) is 0 Å². The molecule has 0 unspecified atom stereocenters. The minimum atomic E-state index is -0.279. The second-order valence-corrected chi connectivity index (χ2v) is 6.92. The van der Waals surface area contributed by atoms with Gasteiger partial charge >= 0.3 is 6.01 Å². The van der Waals surface area contributed by atoms with Crippen LogP contribution in [0.25, 0.3) is 21.9 Å². The number of ether oxygens (including phenoxy) is 1. The Morgan fingerprint density at radius 3 is 2.75 bits per heavy atom. The van der Waals surface area contributed by atoms with E-state index in [2.05, 4.69) is 30.2 Å². The standard InChI is InChI=1S/C19H18FN7O/c1-8-23-6-10(7-24-8)28-19-25-13-4-9(21)3-11-12(20)5-14(22-2)17-15(11)16(13)18(26-17)27-19/h5-7,9,22H,3-4,21H2,1-2H3,(H,25,26,27)/t9-/m0/s1. The molecule has 0 saturated carbocycles. The summed E-state index contributed by atoms with van der Waals surface area (Å²) in [4.78, 5) is 20.6. The molecule has 0 amide bonds. The third-order valence-electron chi connectivity index (χ3n) is 4.99. The maximum absolute atomic E-state index is 14.8. The van der Waals surface area contributed by atoms with Crippen molar-refractivity contribution in [3.63, 3.8) is 0 Å². The van der Waals surface area contributed by atoms with Gasteiger partial charge in [0.15, 0.2) is 5.75 Å². The second-order valence-electron chi connectivity index (χ2n) is 6.92. The van der Waals surface area contributed by atoms with Gasteiger partial charge in [0.05, 0.1) is 29.3 Å². The molecule has 0 radical (unpaired) electrons. The van der Waals surface area contributed by atoms with Crippen molar-refractivity contribution in [1.82, 2.24) is 24.9 Å². The average molecular weight is 379 g/mol. The maximum atomic E-state index is 14.8. The van der Waals surface area contributed by atoms with E-state index < -0.39 is 0 Å². The third kappa shape index (κ3) is 2.55. The molecule has 0 saturated heterocycles. The van der Waals surface area contributed by atoms with Crippen molar-refractivity contribution < 1.29 is 9.13 Å². The van der Waals surface area contributed by atoms with Crippen molar-refractivity contribution in [3.05, 3.63) is 41.4 Å². The molecule has 1 atom stereocenters. The molecule has 1 aliphatic carbocycles. The third-order valence-corrected chi connectivity index (χ3v) is 4.99. The topological polar surface area (TPSA) is 115 Å². The van der Waals surface area contributed by atoms with Gasteiger partial charge in [-0.05, 0) is 25.0 Å². The SMILES string of the molecule is CNc1cc(F)c2c3c1[nH]c1nc(Oc4cnc(C)nc4)nc(c13)C[C@@H](N)C2. The molecule has 5 rings (SSSR count). The van der Waals surface area contributed by atoms with E-state index in [1.165, 1.54) is 6.07 Å². The lowest BCUT2D eigenvalue weighted by Gasteiger charge is -2.12. The predicted molar refractivity (Wildman–Crippen MR) is 103 cm³/mol. The average Bonchev–Trinajstić information content (AvgIpc) is 2.97. The number of anilines is 1. The number of hydrogen-bond acceptors (Lipinski definition) is 7. The van der Waals surface area contributed by atoms with Crippen LogP contribution in [0.2, 0.25) is 0 Å². The number of H-pyrrole nitrogens is 1. The molecule has 0 aliphatic heterocycles. The van der Waals surface area contributed by atoms with Gasteiger partial charge in [0, 0.05) is 30.3 Å². The second kappa shape index (κ2) is 6.10. The fraction of sp³-hybridized carbons (Fsp3) is 0.263. The zero-order valence-corrected chi connectivity index (χ0v) is 15.4. The fourth-order valence-electron chi connectivity index (χ4n) is 3.76. The number of nitrogens with one attached hydrogen (secondary N) is 2. The van der Waals surface area contributed by atoms with Crippen LogP contribution < -0.4 is 15.8 Å². The Bertz CT molecular complexity index is 1220. The highest BCUT2D eigenvalue weighted by molar-refractivity contribution is 6.13. The number of nitrogens with two attached hydrogens (primary N) is 1. The van der Waals surface area contributed by atoms with Crippen LogP contribution in [0.5, 0.6) is 11.8 Å². The van der Waals surface area contributed by atoms with E-state index in [1.807, 2.05) is 0 Å². The van der Waals surface area contributed by atoms with Crippen molar-refractivity contribution in [1.29, 1.82) is 0 Å². The van der Waals surface area contributed by atoms with Crippen LogP contribution in [0, 0.1) is 12.7 Å². The number of nitrogens with zero attached hydrogens (tertiary/aromatic N) is 4. The van der Waals surface area contributed by atoms with Crippen molar-refractivity contribution in [2.45, 2.75) is 25.8 Å². The van der Waals surface area contributed by atoms with Crippen molar-refractivity contribution in [2.75, 3.05) is 12.4 Å². The Balaban J connectivity index is 1.75. The molecule has 142 valence electrons. The summed E-state index contributed by atoms with van der Waals surface area (Å²) >= 11 is 0. The molecular formula is C19H18FN7O. The molecule has 0 bridgehead atoms. The lowest BCUT2D eigenvalue weighted by atomic mass is 10.0. The highest BCUT2D eigenvalue weighted by atomic mass is 19.1. The first kappa shape index (κ1) is 16.8. The molecule has 0 fully saturated rings. The summed E-state index contributed by atoms with van der Waals surface area (Å²) in [6.45, 7) is 1.79. The van der Waals surface area contributed by atoms with Crippen LogP contribution in [-0.2, 0) is 12.8 Å². The Labute approximate surface area is 159 Å². The summed E-state index contributed by atoms with van der Waals surface area (Å²) in [5.74, 6) is 0.804. The van der Waals surface area contributed by atoms with Crippen LogP contribution in [-0.4, -0.2) is 38.0 Å². The van der Waals surface area contributed by atoms with E-state index in [9.17, 15) is 4.39 Å². The molecule has 1 aliphatic rings. The van der Waals surface area contributed by atoms with E-state index in [-0.39, 0.29) is 17.9 Å². The number of rotatable bonds is 3. The van der Waals surface area contributed by atoms with Crippen molar-refractivity contribution in [2.24, 2.45) is 5.73 Å². The molecule has 0 spiro atoms. The summed E-state index contributed by atoms with van der Waals surface area (Å²) in [6, 6.07) is 1.40. The first-order valence-electron chi connectivity index (χ1n) is 8.97. The first-order chi connectivity index (χ1) is 13.5. The van der Waals surface area contributed by atoms with Gasteiger partial charge in [0.1, 0.15) is 17.3 Å². The van der Waals surface area contributed by atoms with Gasteiger partial charge in [-0.3, -0.25) is 0 Å². The Morgan fingerprint density at radius 2 is 2.00 bits per heavy atom. The van der Waals surface area contributed by atoms with Gasteiger partial charge in [-0.25, -0.2) is 14.4 Å². The fourth-order valence-corrected chi connectivity index (χ4v) is 3.76. The highest BCUT2D eigenvalue weighted by Gasteiger charge is 2.26. The van der Waals surface area contributed by atoms with E-state index >= 15 is 0 Å².